The number of para-hydroxylation sites is 1. The van der Waals surface area contributed by atoms with Crippen molar-refractivity contribution in [2.24, 2.45) is 5.73 Å². The predicted molar refractivity (Wildman–Crippen MR) is 107 cm³/mol. The zero-order valence-electron chi connectivity index (χ0n) is 14.9. The van der Waals surface area contributed by atoms with Gasteiger partial charge >= 0.3 is 0 Å². The van der Waals surface area contributed by atoms with Gasteiger partial charge in [0.25, 0.3) is 5.91 Å². The van der Waals surface area contributed by atoms with Crippen molar-refractivity contribution in [2.45, 2.75) is 4.90 Å². The Kier molecular flexibility index (Phi) is 5.94. The molecule has 3 aromatic rings. The lowest BCUT2D eigenvalue weighted by Crippen LogP contribution is -2.24. The summed E-state index contributed by atoms with van der Waals surface area (Å²) in [5, 5.41) is 1.81. The zero-order valence-corrected chi connectivity index (χ0v) is 15.7. The molecule has 0 aliphatic heterocycles. The summed E-state index contributed by atoms with van der Waals surface area (Å²) in [7, 11) is -3.66. The Morgan fingerprint density at radius 1 is 0.964 bits per heavy atom. The number of sulfonamides is 1. The zero-order chi connectivity index (χ0) is 20.0. The molecule has 0 atom stereocenters. The van der Waals surface area contributed by atoms with Crippen LogP contribution in [0.4, 0.5) is 0 Å². The molecule has 0 spiro atoms. The molecule has 0 fully saturated rings. The third-order valence-electron chi connectivity index (χ3n) is 3.96. The largest absolute Gasteiger partial charge is 0.480 e. The first-order valence-electron chi connectivity index (χ1n) is 8.43. The van der Waals surface area contributed by atoms with Gasteiger partial charge in [0.2, 0.25) is 10.0 Å². The Labute approximate surface area is 163 Å². The summed E-state index contributed by atoms with van der Waals surface area (Å²) in [6.45, 7) is -0.0576. The highest BCUT2D eigenvalue weighted by Crippen LogP contribution is 2.19. The molecule has 3 N–H and O–H groups in total. The molecule has 7 heteroatoms. The van der Waals surface area contributed by atoms with Gasteiger partial charge in [0.05, 0.1) is 17.0 Å². The van der Waals surface area contributed by atoms with Gasteiger partial charge in [-0.1, -0.05) is 54.3 Å². The van der Waals surface area contributed by atoms with E-state index in [1.54, 1.807) is 42.5 Å². The number of hydrogen-bond donors (Lipinski definition) is 2. The molecule has 28 heavy (non-hydrogen) atoms. The maximum Gasteiger partial charge on any atom is 0.252 e. The average molecular weight is 394 g/mol. The summed E-state index contributed by atoms with van der Waals surface area (Å²) in [6.07, 6.45) is 0. The molecule has 0 bridgehead atoms. The molecule has 3 rings (SSSR count). The SMILES string of the molecule is NC(=O)c1ccccc1OCC#CCNS(=O)(=O)c1ccc2ccccc2c1. The van der Waals surface area contributed by atoms with Gasteiger partial charge in [-0.25, -0.2) is 8.42 Å². The number of nitrogens with two attached hydrogens (primary N) is 1. The van der Waals surface area contributed by atoms with E-state index in [9.17, 15) is 13.2 Å². The van der Waals surface area contributed by atoms with Crippen molar-refractivity contribution in [1.29, 1.82) is 0 Å². The van der Waals surface area contributed by atoms with Crippen LogP contribution in [-0.2, 0) is 10.0 Å². The van der Waals surface area contributed by atoms with Crippen LogP contribution < -0.4 is 15.2 Å². The summed E-state index contributed by atoms with van der Waals surface area (Å²) in [5.74, 6) is 5.13. The summed E-state index contributed by atoms with van der Waals surface area (Å²) in [6, 6.07) is 19.0. The number of carbonyl (C=O) groups excluding carboxylic acids is 1. The summed E-state index contributed by atoms with van der Waals surface area (Å²) >= 11 is 0. The molecule has 0 saturated heterocycles. The van der Waals surface area contributed by atoms with Crippen LogP contribution in [0, 0.1) is 11.8 Å². The first-order valence-corrected chi connectivity index (χ1v) is 9.91. The molecular formula is C21H18N2O4S. The lowest BCUT2D eigenvalue weighted by molar-refractivity contribution is 0.0997. The van der Waals surface area contributed by atoms with Crippen molar-refractivity contribution >= 4 is 26.7 Å². The van der Waals surface area contributed by atoms with E-state index in [1.165, 1.54) is 0 Å². The van der Waals surface area contributed by atoms with E-state index < -0.39 is 15.9 Å². The normalized spacial score (nSPS) is 10.9. The van der Waals surface area contributed by atoms with E-state index in [-0.39, 0.29) is 23.6 Å². The van der Waals surface area contributed by atoms with E-state index in [2.05, 4.69) is 16.6 Å². The third kappa shape index (κ3) is 4.68. The van der Waals surface area contributed by atoms with Crippen molar-refractivity contribution in [2.75, 3.05) is 13.2 Å². The Balaban J connectivity index is 1.58. The third-order valence-corrected chi connectivity index (χ3v) is 5.36. The summed E-state index contributed by atoms with van der Waals surface area (Å²) < 4.78 is 32.6. The van der Waals surface area contributed by atoms with Gasteiger partial charge in [0.1, 0.15) is 12.4 Å². The van der Waals surface area contributed by atoms with Crippen LogP contribution in [0.2, 0.25) is 0 Å². The van der Waals surface area contributed by atoms with E-state index in [4.69, 9.17) is 10.5 Å². The Bertz CT molecular complexity index is 1180. The number of primary amides is 1. The second-order valence-electron chi connectivity index (χ2n) is 5.84. The fourth-order valence-corrected chi connectivity index (χ4v) is 3.53. The minimum absolute atomic E-state index is 0.00198. The monoisotopic (exact) mass is 394 g/mol. The van der Waals surface area contributed by atoms with Crippen molar-refractivity contribution in [3.8, 4) is 17.6 Å². The standard InChI is InChI=1S/C21H18N2O4S/c22-21(24)19-9-3-4-10-20(19)27-14-6-5-13-23-28(25,26)18-12-11-16-7-1-2-8-17(16)15-18/h1-4,7-12,15,23H,13-14H2,(H2,22,24). The maximum atomic E-state index is 12.4. The molecule has 0 radical (unpaired) electrons. The van der Waals surface area contributed by atoms with Crippen LogP contribution in [0.1, 0.15) is 10.4 Å². The maximum absolute atomic E-state index is 12.4. The van der Waals surface area contributed by atoms with Crippen molar-refractivity contribution < 1.29 is 17.9 Å². The molecule has 0 saturated carbocycles. The van der Waals surface area contributed by atoms with Gasteiger partial charge in [-0.2, -0.15) is 4.72 Å². The molecule has 0 aliphatic carbocycles. The van der Waals surface area contributed by atoms with Crippen LogP contribution in [0.5, 0.6) is 5.75 Å². The fraction of sp³-hybridized carbons (Fsp3) is 0.0952. The van der Waals surface area contributed by atoms with Gasteiger partial charge < -0.3 is 10.5 Å². The van der Waals surface area contributed by atoms with Gasteiger partial charge in [0, 0.05) is 0 Å². The predicted octanol–water partition coefficient (Wildman–Crippen LogP) is 2.30. The van der Waals surface area contributed by atoms with Crippen molar-refractivity contribution in [3.05, 3.63) is 72.3 Å². The topological polar surface area (TPSA) is 98.5 Å². The van der Waals surface area contributed by atoms with Gasteiger partial charge in [-0.05, 0) is 35.0 Å². The second-order valence-corrected chi connectivity index (χ2v) is 7.60. The number of carbonyl (C=O) groups is 1. The molecule has 0 aliphatic rings. The number of hydrogen-bond acceptors (Lipinski definition) is 4. The Morgan fingerprint density at radius 2 is 1.68 bits per heavy atom. The van der Waals surface area contributed by atoms with Crippen LogP contribution in [0.25, 0.3) is 10.8 Å². The van der Waals surface area contributed by atoms with Crippen molar-refractivity contribution in [3.63, 3.8) is 0 Å². The number of ether oxygens (including phenoxy) is 1. The quantitative estimate of drug-likeness (QED) is 0.627. The highest BCUT2D eigenvalue weighted by atomic mass is 32.2. The number of rotatable bonds is 6. The van der Waals surface area contributed by atoms with E-state index in [1.807, 2.05) is 24.3 Å². The summed E-state index contributed by atoms with van der Waals surface area (Å²) in [4.78, 5) is 11.5. The minimum atomic E-state index is -3.66. The molecule has 1 amide bonds. The Morgan fingerprint density at radius 3 is 2.46 bits per heavy atom. The molecule has 3 aromatic carbocycles. The molecule has 6 nitrogen and oxygen atoms in total. The number of nitrogens with one attached hydrogen (secondary N) is 1. The number of benzene rings is 3. The molecule has 0 heterocycles. The molecule has 0 aromatic heterocycles. The smallest absolute Gasteiger partial charge is 0.252 e. The Hall–Kier alpha value is -3.34. The van der Waals surface area contributed by atoms with Gasteiger partial charge in [0.15, 0.2) is 0 Å². The highest BCUT2D eigenvalue weighted by Gasteiger charge is 2.13. The average Bonchev–Trinajstić information content (AvgIpc) is 2.70. The first kappa shape index (κ1) is 19.4. The van der Waals surface area contributed by atoms with Gasteiger partial charge in [-0.15, -0.1) is 0 Å². The highest BCUT2D eigenvalue weighted by molar-refractivity contribution is 7.89. The lowest BCUT2D eigenvalue weighted by Gasteiger charge is -2.06. The van der Waals surface area contributed by atoms with E-state index in [0.717, 1.165) is 10.8 Å². The second kappa shape index (κ2) is 8.57. The van der Waals surface area contributed by atoms with Crippen LogP contribution in [0.15, 0.2) is 71.6 Å². The van der Waals surface area contributed by atoms with Crippen LogP contribution in [-0.4, -0.2) is 27.5 Å². The first-order chi connectivity index (χ1) is 13.5. The number of fused-ring (bicyclic) bond motifs is 1. The van der Waals surface area contributed by atoms with Crippen LogP contribution in [0.3, 0.4) is 0 Å². The fourth-order valence-electron chi connectivity index (χ4n) is 2.57. The molecule has 142 valence electrons. The lowest BCUT2D eigenvalue weighted by atomic mass is 10.1. The van der Waals surface area contributed by atoms with Gasteiger partial charge in [-0.3, -0.25) is 4.79 Å². The van der Waals surface area contributed by atoms with Crippen molar-refractivity contribution in [1.82, 2.24) is 4.72 Å². The molecule has 0 unspecified atom stereocenters. The molecular weight excluding hydrogens is 376 g/mol. The van der Waals surface area contributed by atoms with E-state index in [0.29, 0.717) is 5.75 Å². The van der Waals surface area contributed by atoms with Crippen LogP contribution >= 0.6 is 0 Å². The van der Waals surface area contributed by atoms with E-state index >= 15 is 0 Å². The number of amides is 1. The minimum Gasteiger partial charge on any atom is -0.480 e. The summed E-state index contributed by atoms with van der Waals surface area (Å²) in [5.41, 5.74) is 5.54.